The predicted octanol–water partition coefficient (Wildman–Crippen LogP) is 3.69. The maximum atomic E-state index is 13.4. The molecule has 1 aliphatic carbocycles. The van der Waals surface area contributed by atoms with Crippen molar-refractivity contribution in [1.29, 1.82) is 0 Å². The zero-order chi connectivity index (χ0) is 19.8. The molecule has 3 nitrogen and oxygen atoms in total. The number of aliphatic carboxylic acids is 1. The van der Waals surface area contributed by atoms with E-state index in [1.165, 1.54) is 0 Å². The van der Waals surface area contributed by atoms with Crippen LogP contribution < -0.4 is 0 Å². The summed E-state index contributed by atoms with van der Waals surface area (Å²) in [7, 11) is 0. The molecule has 1 fully saturated rings. The molecular weight excluding hydrogens is 410 g/mol. The molecule has 0 aliphatic heterocycles. The Morgan fingerprint density at radius 1 is 0.760 bits per heavy atom. The Morgan fingerprint density at radius 2 is 1.08 bits per heavy atom. The van der Waals surface area contributed by atoms with Crippen LogP contribution in [0.15, 0.2) is 0 Å². The van der Waals surface area contributed by atoms with Crippen molar-refractivity contribution in [2.45, 2.75) is 41.6 Å². The SMILES string of the molecule is F.O=C(O)C(F)(F)C(F)(OC1(F)C(F)(F)C(F)(F)C1(F)F)C(F)(F)F. The van der Waals surface area contributed by atoms with E-state index in [0.29, 0.717) is 0 Å². The Balaban J connectivity index is 0.00000576. The fourth-order valence-electron chi connectivity index (χ4n) is 1.50. The van der Waals surface area contributed by atoms with Gasteiger partial charge in [0.05, 0.1) is 0 Å². The first-order valence-corrected chi connectivity index (χ1v) is 5.04. The number of alkyl halides is 13. The molecule has 25 heavy (non-hydrogen) atoms. The van der Waals surface area contributed by atoms with Crippen LogP contribution in [0.2, 0.25) is 0 Å². The molecule has 1 unspecified atom stereocenters. The van der Waals surface area contributed by atoms with E-state index in [4.69, 9.17) is 5.11 Å². The van der Waals surface area contributed by atoms with Crippen molar-refractivity contribution in [2.75, 3.05) is 0 Å². The molecule has 1 saturated carbocycles. The Labute approximate surface area is 125 Å². The van der Waals surface area contributed by atoms with E-state index >= 15 is 0 Å². The molecule has 0 aromatic heterocycles. The lowest BCUT2D eigenvalue weighted by molar-refractivity contribution is -0.572. The molecule has 0 spiro atoms. The van der Waals surface area contributed by atoms with Crippen LogP contribution in [-0.2, 0) is 9.53 Å². The zero-order valence-corrected chi connectivity index (χ0v) is 10.6. The van der Waals surface area contributed by atoms with E-state index in [1.54, 1.807) is 4.74 Å². The van der Waals surface area contributed by atoms with Crippen LogP contribution in [0.5, 0.6) is 0 Å². The standard InChI is InChI=1S/C8HF13O3.FH/c9-2(10,1(22)23)6(17,8(19,20)21)24-7(18)4(13,14)3(11,12)5(7,15)16;/h(H,22,23);1H. The van der Waals surface area contributed by atoms with Crippen LogP contribution in [-0.4, -0.2) is 52.7 Å². The largest absolute Gasteiger partial charge is 0.477 e. The Kier molecular flexibility index (Phi) is 4.90. The van der Waals surface area contributed by atoms with Gasteiger partial charge in [-0.3, -0.25) is 9.44 Å². The highest BCUT2D eigenvalue weighted by Crippen LogP contribution is 2.71. The molecule has 150 valence electrons. The minimum absolute atomic E-state index is 0. The summed E-state index contributed by atoms with van der Waals surface area (Å²) in [6.07, 6.45) is -7.40. The molecular formula is C8H2F14O3. The fourth-order valence-corrected chi connectivity index (χ4v) is 1.50. The van der Waals surface area contributed by atoms with Gasteiger partial charge in [-0.1, -0.05) is 0 Å². The predicted molar refractivity (Wildman–Crippen MR) is 44.7 cm³/mol. The molecule has 1 rings (SSSR count). The first-order valence-electron chi connectivity index (χ1n) is 5.04. The van der Waals surface area contributed by atoms with Gasteiger partial charge in [0, 0.05) is 0 Å². The summed E-state index contributed by atoms with van der Waals surface area (Å²) in [6, 6.07) is 0. The number of halogens is 14. The topological polar surface area (TPSA) is 46.5 Å². The summed E-state index contributed by atoms with van der Waals surface area (Å²) < 4.78 is 166. The molecule has 1 aliphatic rings. The van der Waals surface area contributed by atoms with Crippen LogP contribution in [0.1, 0.15) is 0 Å². The number of hydrogen-bond donors (Lipinski definition) is 1. The second-order valence-corrected chi connectivity index (χ2v) is 4.39. The molecule has 0 bridgehead atoms. The maximum Gasteiger partial charge on any atom is 0.455 e. The summed E-state index contributed by atoms with van der Waals surface area (Å²) >= 11 is 0. The van der Waals surface area contributed by atoms with Crippen LogP contribution in [0.25, 0.3) is 0 Å². The Hall–Kier alpha value is -1.55. The lowest BCUT2D eigenvalue weighted by Gasteiger charge is -2.54. The summed E-state index contributed by atoms with van der Waals surface area (Å²) in [4.78, 5) is 9.94. The van der Waals surface area contributed by atoms with Gasteiger partial charge in [0.25, 0.3) is 0 Å². The van der Waals surface area contributed by atoms with E-state index in [1.807, 2.05) is 0 Å². The summed E-state index contributed by atoms with van der Waals surface area (Å²) in [5.74, 6) is -45.8. The molecule has 1 atom stereocenters. The van der Waals surface area contributed by atoms with E-state index in [-0.39, 0.29) is 4.70 Å². The maximum absolute atomic E-state index is 13.4. The van der Waals surface area contributed by atoms with Gasteiger partial charge in [0.1, 0.15) is 0 Å². The van der Waals surface area contributed by atoms with Gasteiger partial charge in [-0.2, -0.15) is 57.1 Å². The van der Waals surface area contributed by atoms with Crippen molar-refractivity contribution >= 4 is 5.97 Å². The van der Waals surface area contributed by atoms with Crippen LogP contribution >= 0.6 is 0 Å². The number of carboxylic acid groups (broad SMARTS) is 1. The van der Waals surface area contributed by atoms with E-state index in [0.717, 1.165) is 0 Å². The van der Waals surface area contributed by atoms with Crippen molar-refractivity contribution in [2.24, 2.45) is 0 Å². The van der Waals surface area contributed by atoms with Gasteiger partial charge >= 0.3 is 47.5 Å². The van der Waals surface area contributed by atoms with Crippen molar-refractivity contribution < 1.29 is 76.4 Å². The number of rotatable bonds is 4. The Bertz CT molecular complexity index is 535. The first kappa shape index (κ1) is 23.4. The van der Waals surface area contributed by atoms with Crippen molar-refractivity contribution in [3.63, 3.8) is 0 Å². The van der Waals surface area contributed by atoms with Crippen molar-refractivity contribution in [3.05, 3.63) is 0 Å². The molecule has 0 amide bonds. The zero-order valence-electron chi connectivity index (χ0n) is 10.6. The minimum Gasteiger partial charge on any atom is -0.477 e. The average molecular weight is 412 g/mol. The normalized spacial score (nSPS) is 26.0. The third kappa shape index (κ3) is 2.26. The van der Waals surface area contributed by atoms with Crippen molar-refractivity contribution in [1.82, 2.24) is 0 Å². The van der Waals surface area contributed by atoms with Crippen LogP contribution in [0, 0.1) is 0 Å². The highest BCUT2D eigenvalue weighted by atomic mass is 19.4. The first-order chi connectivity index (χ1) is 10.2. The number of carbonyl (C=O) groups is 1. The Morgan fingerprint density at radius 3 is 1.32 bits per heavy atom. The number of carboxylic acids is 1. The smallest absolute Gasteiger partial charge is 0.455 e. The van der Waals surface area contributed by atoms with Crippen LogP contribution in [0.3, 0.4) is 0 Å². The quantitative estimate of drug-likeness (QED) is 0.717. The third-order valence-corrected chi connectivity index (χ3v) is 2.91. The van der Waals surface area contributed by atoms with Gasteiger partial charge in [-0.25, -0.2) is 4.79 Å². The van der Waals surface area contributed by atoms with Gasteiger partial charge in [-0.15, -0.1) is 0 Å². The molecule has 0 aromatic rings. The van der Waals surface area contributed by atoms with Gasteiger partial charge in [-0.05, 0) is 0 Å². The highest BCUT2D eigenvalue weighted by molar-refractivity contribution is 5.77. The molecule has 17 heteroatoms. The number of hydrogen-bond acceptors (Lipinski definition) is 2. The summed E-state index contributed by atoms with van der Waals surface area (Å²) in [5, 5.41) is 7.78. The molecule has 1 N–H and O–H groups in total. The second kappa shape index (κ2) is 5.23. The average Bonchev–Trinajstić information content (AvgIpc) is 2.34. The van der Waals surface area contributed by atoms with Crippen molar-refractivity contribution in [3.8, 4) is 0 Å². The lowest BCUT2D eigenvalue weighted by atomic mass is 9.77. The molecule has 0 aromatic carbocycles. The molecule has 0 saturated heterocycles. The number of ether oxygens (including phenoxy) is 1. The lowest BCUT2D eigenvalue weighted by Crippen LogP contribution is -2.87. The van der Waals surface area contributed by atoms with E-state index in [2.05, 4.69) is 0 Å². The van der Waals surface area contributed by atoms with E-state index < -0.39 is 47.5 Å². The minimum atomic E-state index is -7.40. The second-order valence-electron chi connectivity index (χ2n) is 4.39. The third-order valence-electron chi connectivity index (χ3n) is 2.91. The highest BCUT2D eigenvalue weighted by Gasteiger charge is 3.03. The van der Waals surface area contributed by atoms with Gasteiger partial charge < -0.3 is 5.11 Å². The monoisotopic (exact) mass is 412 g/mol. The molecule has 0 radical (unpaired) electrons. The summed E-state index contributed by atoms with van der Waals surface area (Å²) in [6.45, 7) is 0. The van der Waals surface area contributed by atoms with E-state index in [9.17, 15) is 61.9 Å². The summed E-state index contributed by atoms with van der Waals surface area (Å²) in [5.41, 5.74) is 0. The van der Waals surface area contributed by atoms with Crippen LogP contribution in [0.4, 0.5) is 61.8 Å². The fraction of sp³-hybridized carbons (Fsp3) is 0.875. The molecule has 0 heterocycles. The van der Waals surface area contributed by atoms with Gasteiger partial charge in [0.15, 0.2) is 0 Å². The van der Waals surface area contributed by atoms with Gasteiger partial charge in [0.2, 0.25) is 0 Å².